The Morgan fingerprint density at radius 1 is 1.16 bits per heavy atom. The van der Waals surface area contributed by atoms with Crippen molar-refractivity contribution in [1.29, 1.82) is 0 Å². The number of hydrogen-bond donors (Lipinski definition) is 1. The molecule has 0 saturated heterocycles. The number of imidazole rings is 1. The van der Waals surface area contributed by atoms with Crippen LogP contribution in [-0.2, 0) is 19.8 Å². The second-order valence-electron chi connectivity index (χ2n) is 3.88. The molecule has 1 aromatic rings. The van der Waals surface area contributed by atoms with Gasteiger partial charge in [0.2, 0.25) is 0 Å². The minimum Gasteiger partial charge on any atom is -0.373 e. The standard InChI is InChI=1S/C12H24N2O3SSi/c1-5-14-10-9-13-11(14)12(18)19(15-6-2,16-7-3)17-8-4/h9-10,12,18H,5-8H2,1-4H3. The normalized spacial score (nSPS) is 13.7. The fourth-order valence-electron chi connectivity index (χ4n) is 1.96. The molecule has 19 heavy (non-hydrogen) atoms. The van der Waals surface area contributed by atoms with E-state index in [-0.39, 0.29) is 4.87 Å². The molecule has 5 nitrogen and oxygen atoms in total. The van der Waals surface area contributed by atoms with Crippen LogP contribution in [-0.4, -0.2) is 38.2 Å². The molecule has 0 aliphatic carbocycles. The molecule has 1 aromatic heterocycles. The molecule has 1 rings (SSSR count). The highest BCUT2D eigenvalue weighted by Crippen LogP contribution is 2.32. The highest BCUT2D eigenvalue weighted by molar-refractivity contribution is 7.82. The predicted molar refractivity (Wildman–Crippen MR) is 80.3 cm³/mol. The van der Waals surface area contributed by atoms with Crippen LogP contribution in [0.3, 0.4) is 0 Å². The van der Waals surface area contributed by atoms with Crippen molar-refractivity contribution in [1.82, 2.24) is 9.55 Å². The number of hydrogen-bond acceptors (Lipinski definition) is 5. The Kier molecular flexibility index (Phi) is 7.09. The van der Waals surface area contributed by atoms with Gasteiger partial charge in [-0.25, -0.2) is 4.98 Å². The lowest BCUT2D eigenvalue weighted by Gasteiger charge is -2.32. The molecule has 0 aliphatic rings. The van der Waals surface area contributed by atoms with Gasteiger partial charge in [-0.3, -0.25) is 0 Å². The van der Waals surface area contributed by atoms with Crippen LogP contribution in [0.25, 0.3) is 0 Å². The first-order chi connectivity index (χ1) is 9.15. The number of aryl methyl sites for hydroxylation is 1. The van der Waals surface area contributed by atoms with E-state index in [1.54, 1.807) is 6.20 Å². The lowest BCUT2D eigenvalue weighted by Crippen LogP contribution is -2.51. The summed E-state index contributed by atoms with van der Waals surface area (Å²) >= 11 is 4.70. The summed E-state index contributed by atoms with van der Waals surface area (Å²) in [7, 11) is -2.87. The van der Waals surface area contributed by atoms with Crippen molar-refractivity contribution in [2.45, 2.75) is 39.1 Å². The number of aromatic nitrogens is 2. The maximum absolute atomic E-state index is 5.86. The van der Waals surface area contributed by atoms with Crippen LogP contribution in [0.15, 0.2) is 12.4 Å². The van der Waals surface area contributed by atoms with Crippen molar-refractivity contribution in [2.24, 2.45) is 0 Å². The smallest absolute Gasteiger partial charge is 0.373 e. The fraction of sp³-hybridized carbons (Fsp3) is 0.750. The summed E-state index contributed by atoms with van der Waals surface area (Å²) < 4.78 is 19.6. The van der Waals surface area contributed by atoms with E-state index in [2.05, 4.69) is 11.9 Å². The minimum atomic E-state index is -2.87. The van der Waals surface area contributed by atoms with Crippen molar-refractivity contribution in [3.05, 3.63) is 18.2 Å². The van der Waals surface area contributed by atoms with Gasteiger partial charge in [-0.15, -0.1) is 0 Å². The quantitative estimate of drug-likeness (QED) is 0.562. The highest BCUT2D eigenvalue weighted by atomic mass is 32.1. The lowest BCUT2D eigenvalue weighted by atomic mass is 10.6. The van der Waals surface area contributed by atoms with Gasteiger partial charge in [0.05, 0.1) is 0 Å². The SMILES string of the molecule is CCO[Si](OCC)(OCC)C(S)c1nccn1CC. The van der Waals surface area contributed by atoms with Crippen LogP contribution in [0.2, 0.25) is 0 Å². The summed E-state index contributed by atoms with van der Waals surface area (Å²) in [6.45, 7) is 10.3. The molecule has 0 spiro atoms. The van der Waals surface area contributed by atoms with Gasteiger partial charge in [-0.2, -0.15) is 12.6 Å². The monoisotopic (exact) mass is 304 g/mol. The average Bonchev–Trinajstić information content (AvgIpc) is 2.86. The molecule has 0 radical (unpaired) electrons. The zero-order valence-electron chi connectivity index (χ0n) is 12.1. The molecule has 0 saturated carbocycles. The summed E-state index contributed by atoms with van der Waals surface area (Å²) in [4.78, 5) is 4.11. The van der Waals surface area contributed by atoms with E-state index in [0.29, 0.717) is 19.8 Å². The third-order valence-electron chi connectivity index (χ3n) is 2.70. The summed E-state index contributed by atoms with van der Waals surface area (Å²) in [5.74, 6) is 0.841. The zero-order valence-corrected chi connectivity index (χ0v) is 14.0. The molecule has 1 unspecified atom stereocenters. The minimum absolute atomic E-state index is 0.276. The summed E-state index contributed by atoms with van der Waals surface area (Å²) in [5.41, 5.74) is 0. The highest BCUT2D eigenvalue weighted by Gasteiger charge is 2.50. The van der Waals surface area contributed by atoms with Gasteiger partial charge in [0.25, 0.3) is 0 Å². The number of rotatable bonds is 9. The van der Waals surface area contributed by atoms with Crippen molar-refractivity contribution in [3.8, 4) is 0 Å². The van der Waals surface area contributed by atoms with E-state index in [1.165, 1.54) is 0 Å². The van der Waals surface area contributed by atoms with Crippen LogP contribution < -0.4 is 0 Å². The summed E-state index contributed by atoms with van der Waals surface area (Å²) in [6, 6.07) is 0. The second kappa shape index (κ2) is 8.06. The predicted octanol–water partition coefficient (Wildman–Crippen LogP) is 2.46. The Hall–Kier alpha value is -0.343. The van der Waals surface area contributed by atoms with Gasteiger partial charge >= 0.3 is 8.80 Å². The van der Waals surface area contributed by atoms with Gasteiger partial charge in [0.1, 0.15) is 10.7 Å². The Bertz CT molecular complexity index is 359. The Labute approximate surface area is 122 Å². The van der Waals surface area contributed by atoms with E-state index in [1.807, 2.05) is 31.5 Å². The van der Waals surface area contributed by atoms with Crippen LogP contribution >= 0.6 is 12.6 Å². The van der Waals surface area contributed by atoms with E-state index in [4.69, 9.17) is 25.9 Å². The van der Waals surface area contributed by atoms with Gasteiger partial charge < -0.3 is 17.8 Å². The fourth-order valence-corrected chi connectivity index (χ4v) is 5.33. The summed E-state index contributed by atoms with van der Waals surface area (Å²) in [5, 5.41) is 0. The first-order valence-corrected chi connectivity index (χ1v) is 9.07. The zero-order chi connectivity index (χ0) is 14.3. The second-order valence-corrected chi connectivity index (χ2v) is 7.53. The van der Waals surface area contributed by atoms with Gasteiger partial charge in [0.15, 0.2) is 0 Å². The molecule has 0 fully saturated rings. The topological polar surface area (TPSA) is 45.5 Å². The molecular weight excluding hydrogens is 280 g/mol. The van der Waals surface area contributed by atoms with Gasteiger partial charge in [0, 0.05) is 38.8 Å². The van der Waals surface area contributed by atoms with E-state index in [0.717, 1.165) is 12.4 Å². The number of nitrogens with zero attached hydrogens (tertiary/aromatic N) is 2. The molecule has 0 aromatic carbocycles. The van der Waals surface area contributed by atoms with Crippen molar-refractivity contribution in [2.75, 3.05) is 19.8 Å². The first kappa shape index (κ1) is 16.7. The Morgan fingerprint density at radius 3 is 2.11 bits per heavy atom. The van der Waals surface area contributed by atoms with Crippen LogP contribution in [0.5, 0.6) is 0 Å². The van der Waals surface area contributed by atoms with Crippen LogP contribution in [0.4, 0.5) is 0 Å². The van der Waals surface area contributed by atoms with E-state index in [9.17, 15) is 0 Å². The molecule has 7 heteroatoms. The number of thiol groups is 1. The maximum Gasteiger partial charge on any atom is 0.522 e. The molecule has 1 heterocycles. The first-order valence-electron chi connectivity index (χ1n) is 6.76. The molecule has 110 valence electrons. The van der Waals surface area contributed by atoms with Crippen LogP contribution in [0, 0.1) is 0 Å². The van der Waals surface area contributed by atoms with Crippen molar-refractivity contribution in [3.63, 3.8) is 0 Å². The van der Waals surface area contributed by atoms with E-state index < -0.39 is 8.80 Å². The maximum atomic E-state index is 5.86. The van der Waals surface area contributed by atoms with Crippen molar-refractivity contribution < 1.29 is 13.3 Å². The van der Waals surface area contributed by atoms with Crippen molar-refractivity contribution >= 4 is 21.4 Å². The Morgan fingerprint density at radius 2 is 1.68 bits per heavy atom. The largest absolute Gasteiger partial charge is 0.522 e. The third-order valence-corrected chi connectivity index (χ3v) is 6.89. The molecular formula is C12H24N2O3SSi. The summed E-state index contributed by atoms with van der Waals surface area (Å²) in [6.07, 6.45) is 3.70. The molecule has 0 N–H and O–H groups in total. The average molecular weight is 304 g/mol. The molecule has 0 aliphatic heterocycles. The van der Waals surface area contributed by atoms with Crippen LogP contribution in [0.1, 0.15) is 38.4 Å². The third kappa shape index (κ3) is 3.82. The van der Waals surface area contributed by atoms with Gasteiger partial charge in [-0.05, 0) is 27.7 Å². The van der Waals surface area contributed by atoms with E-state index >= 15 is 0 Å². The lowest BCUT2D eigenvalue weighted by molar-refractivity contribution is 0.0688. The Balaban J connectivity index is 3.07. The van der Waals surface area contributed by atoms with Gasteiger partial charge in [-0.1, -0.05) is 0 Å². The molecule has 0 bridgehead atoms. The molecule has 1 atom stereocenters. The molecule has 0 amide bonds.